The van der Waals surface area contributed by atoms with Gasteiger partial charge in [0, 0.05) is 19.6 Å². The molecular weight excluding hydrogens is 410 g/mol. The molecule has 0 spiro atoms. The van der Waals surface area contributed by atoms with E-state index in [4.69, 9.17) is 4.98 Å². The molecule has 3 rings (SSSR count). The van der Waals surface area contributed by atoms with Gasteiger partial charge >= 0.3 is 0 Å². The fraction of sp³-hybridized carbons (Fsp3) is 0.440. The predicted molar refractivity (Wildman–Crippen MR) is 123 cm³/mol. The monoisotopic (exact) mass is 442 g/mol. The summed E-state index contributed by atoms with van der Waals surface area (Å²) in [7, 11) is 0. The van der Waals surface area contributed by atoms with Crippen LogP contribution in [0.1, 0.15) is 61.8 Å². The number of fused-ring (bicyclic) bond motifs is 1. The first-order valence-corrected chi connectivity index (χ1v) is 11.4. The summed E-state index contributed by atoms with van der Waals surface area (Å²) in [6.45, 7) is 9.34. The number of amides is 1. The number of hydrogen-bond acceptors (Lipinski definition) is 3. The molecule has 2 aromatic carbocycles. The maximum Gasteiger partial charge on any atom is 0.257 e. The topological polar surface area (TPSA) is 50.2 Å². The number of imidazole rings is 1. The SMILES string of the molecule is CCCNCc1ccc2c(c1)nc(CN(CCC)C(=O)c1cc(F)ccc1F)n2CCC. The molecule has 0 atom stereocenters. The van der Waals surface area contributed by atoms with Crippen molar-refractivity contribution >= 4 is 16.9 Å². The van der Waals surface area contributed by atoms with Gasteiger partial charge in [0.25, 0.3) is 5.91 Å². The van der Waals surface area contributed by atoms with E-state index in [1.807, 2.05) is 6.92 Å². The Morgan fingerprint density at radius 2 is 1.88 bits per heavy atom. The molecule has 0 bridgehead atoms. The van der Waals surface area contributed by atoms with Gasteiger partial charge in [-0.3, -0.25) is 4.79 Å². The summed E-state index contributed by atoms with van der Waals surface area (Å²) in [4.78, 5) is 19.5. The summed E-state index contributed by atoms with van der Waals surface area (Å²) in [5.41, 5.74) is 2.80. The number of nitrogens with zero attached hydrogens (tertiary/aromatic N) is 3. The molecule has 1 heterocycles. The highest BCUT2D eigenvalue weighted by atomic mass is 19.1. The smallest absolute Gasteiger partial charge is 0.257 e. The Kier molecular flexibility index (Phi) is 8.33. The van der Waals surface area contributed by atoms with E-state index in [1.54, 1.807) is 4.90 Å². The highest BCUT2D eigenvalue weighted by molar-refractivity contribution is 5.94. The second-order valence-electron chi connectivity index (χ2n) is 8.03. The Bertz CT molecular complexity index is 1060. The molecular formula is C25H32F2N4O. The molecule has 3 aromatic rings. The average Bonchev–Trinajstić information content (AvgIpc) is 3.11. The van der Waals surface area contributed by atoms with Crippen LogP contribution in [0.3, 0.4) is 0 Å². The largest absolute Gasteiger partial charge is 0.331 e. The molecule has 172 valence electrons. The van der Waals surface area contributed by atoms with Crippen LogP contribution in [0.5, 0.6) is 0 Å². The summed E-state index contributed by atoms with van der Waals surface area (Å²) in [5.74, 6) is -1.13. The zero-order valence-corrected chi connectivity index (χ0v) is 19.1. The summed E-state index contributed by atoms with van der Waals surface area (Å²) < 4.78 is 30.1. The van der Waals surface area contributed by atoms with E-state index >= 15 is 0 Å². The lowest BCUT2D eigenvalue weighted by Gasteiger charge is -2.23. The third-order valence-corrected chi connectivity index (χ3v) is 5.37. The number of hydrogen-bond donors (Lipinski definition) is 1. The average molecular weight is 443 g/mol. The van der Waals surface area contributed by atoms with Crippen LogP contribution in [0.2, 0.25) is 0 Å². The standard InChI is InChI=1S/C25H32F2N4O/c1-4-11-28-16-18-7-10-23-22(14-18)29-24(31(23)13-6-3)17-30(12-5-2)25(32)20-15-19(26)8-9-21(20)27/h7-10,14-15,28H,4-6,11-13,16-17H2,1-3H3. The Labute approximate surface area is 188 Å². The first kappa shape index (κ1) is 23.9. The molecule has 0 radical (unpaired) electrons. The van der Waals surface area contributed by atoms with Gasteiger partial charge in [0.05, 0.1) is 23.1 Å². The van der Waals surface area contributed by atoms with Gasteiger partial charge < -0.3 is 14.8 Å². The molecule has 1 amide bonds. The van der Waals surface area contributed by atoms with E-state index in [9.17, 15) is 13.6 Å². The van der Waals surface area contributed by atoms with Crippen molar-refractivity contribution in [3.63, 3.8) is 0 Å². The van der Waals surface area contributed by atoms with E-state index in [0.717, 1.165) is 73.1 Å². The lowest BCUT2D eigenvalue weighted by Crippen LogP contribution is -2.33. The second-order valence-corrected chi connectivity index (χ2v) is 8.03. The van der Waals surface area contributed by atoms with Crippen molar-refractivity contribution in [3.8, 4) is 0 Å². The van der Waals surface area contributed by atoms with Crippen LogP contribution in [0, 0.1) is 11.6 Å². The van der Waals surface area contributed by atoms with Crippen molar-refractivity contribution in [1.82, 2.24) is 19.8 Å². The maximum atomic E-state index is 14.3. The predicted octanol–water partition coefficient (Wildman–Crippen LogP) is 5.28. The lowest BCUT2D eigenvalue weighted by atomic mass is 10.1. The Hall–Kier alpha value is -2.80. The Morgan fingerprint density at radius 1 is 1.06 bits per heavy atom. The van der Waals surface area contributed by atoms with Crippen LogP contribution < -0.4 is 5.32 Å². The highest BCUT2D eigenvalue weighted by Crippen LogP contribution is 2.21. The van der Waals surface area contributed by atoms with Gasteiger partial charge in [0.2, 0.25) is 0 Å². The molecule has 0 aliphatic carbocycles. The van der Waals surface area contributed by atoms with Gasteiger partial charge in [-0.1, -0.05) is 26.8 Å². The van der Waals surface area contributed by atoms with Crippen LogP contribution in [-0.2, 0) is 19.6 Å². The normalized spacial score (nSPS) is 11.3. The number of carbonyl (C=O) groups excluding carboxylic acids is 1. The lowest BCUT2D eigenvalue weighted by molar-refractivity contribution is 0.0732. The van der Waals surface area contributed by atoms with E-state index in [0.29, 0.717) is 13.0 Å². The van der Waals surface area contributed by atoms with Crippen molar-refractivity contribution in [2.45, 2.75) is 59.7 Å². The molecule has 0 unspecified atom stereocenters. The van der Waals surface area contributed by atoms with Gasteiger partial charge in [-0.05, 0) is 61.7 Å². The number of halogens is 2. The Balaban J connectivity index is 1.93. The molecule has 0 saturated carbocycles. The van der Waals surface area contributed by atoms with Crippen molar-refractivity contribution in [2.75, 3.05) is 13.1 Å². The minimum Gasteiger partial charge on any atom is -0.331 e. The van der Waals surface area contributed by atoms with E-state index in [1.165, 1.54) is 0 Å². The first-order chi connectivity index (χ1) is 15.5. The number of benzene rings is 2. The Morgan fingerprint density at radius 3 is 2.59 bits per heavy atom. The molecule has 7 heteroatoms. The van der Waals surface area contributed by atoms with Gasteiger partial charge in [0.1, 0.15) is 17.5 Å². The van der Waals surface area contributed by atoms with Crippen LogP contribution in [0.4, 0.5) is 8.78 Å². The van der Waals surface area contributed by atoms with E-state index in [-0.39, 0.29) is 12.1 Å². The summed E-state index contributed by atoms with van der Waals surface area (Å²) in [6, 6.07) is 9.22. The number of rotatable bonds is 11. The molecule has 0 aliphatic heterocycles. The van der Waals surface area contributed by atoms with Crippen molar-refractivity contribution in [3.05, 3.63) is 65.0 Å². The molecule has 1 N–H and O–H groups in total. The van der Waals surface area contributed by atoms with Gasteiger partial charge in [-0.25, -0.2) is 13.8 Å². The number of aryl methyl sites for hydroxylation is 1. The number of aromatic nitrogens is 2. The minimum absolute atomic E-state index is 0.237. The molecule has 0 saturated heterocycles. The molecule has 1 aromatic heterocycles. The molecule has 32 heavy (non-hydrogen) atoms. The third-order valence-electron chi connectivity index (χ3n) is 5.37. The maximum absolute atomic E-state index is 14.3. The first-order valence-electron chi connectivity index (χ1n) is 11.4. The van der Waals surface area contributed by atoms with Crippen LogP contribution in [0.25, 0.3) is 11.0 Å². The van der Waals surface area contributed by atoms with Crippen LogP contribution in [-0.4, -0.2) is 33.4 Å². The van der Waals surface area contributed by atoms with Gasteiger partial charge in [-0.15, -0.1) is 0 Å². The fourth-order valence-corrected chi connectivity index (χ4v) is 3.86. The molecule has 0 fully saturated rings. The fourth-order valence-electron chi connectivity index (χ4n) is 3.86. The quantitative estimate of drug-likeness (QED) is 0.411. The molecule has 5 nitrogen and oxygen atoms in total. The molecule has 0 aliphatic rings. The number of carbonyl (C=O) groups is 1. The zero-order valence-electron chi connectivity index (χ0n) is 19.1. The van der Waals surface area contributed by atoms with Crippen molar-refractivity contribution < 1.29 is 13.6 Å². The van der Waals surface area contributed by atoms with Gasteiger partial charge in [0.15, 0.2) is 0 Å². The van der Waals surface area contributed by atoms with Crippen LogP contribution >= 0.6 is 0 Å². The van der Waals surface area contributed by atoms with E-state index < -0.39 is 17.5 Å². The third kappa shape index (κ3) is 5.51. The summed E-state index contributed by atoms with van der Waals surface area (Å²) in [5, 5.41) is 3.40. The van der Waals surface area contributed by atoms with Gasteiger partial charge in [-0.2, -0.15) is 0 Å². The number of nitrogens with one attached hydrogen (secondary N) is 1. The summed E-state index contributed by atoms with van der Waals surface area (Å²) in [6.07, 6.45) is 2.69. The van der Waals surface area contributed by atoms with Crippen LogP contribution in [0.15, 0.2) is 36.4 Å². The summed E-state index contributed by atoms with van der Waals surface area (Å²) >= 11 is 0. The second kappa shape index (κ2) is 11.2. The van der Waals surface area contributed by atoms with Crippen molar-refractivity contribution in [2.24, 2.45) is 0 Å². The zero-order chi connectivity index (χ0) is 23.1. The highest BCUT2D eigenvalue weighted by Gasteiger charge is 2.22. The van der Waals surface area contributed by atoms with E-state index in [2.05, 4.69) is 41.9 Å². The minimum atomic E-state index is -0.719. The van der Waals surface area contributed by atoms with Crippen molar-refractivity contribution in [1.29, 1.82) is 0 Å².